The normalized spacial score (nSPS) is 12.0. The number of carbonyl (C=O) groups is 1. The minimum atomic E-state index is -3.77. The van der Waals surface area contributed by atoms with Gasteiger partial charge >= 0.3 is 0 Å². The van der Waals surface area contributed by atoms with E-state index in [1.807, 2.05) is 60.7 Å². The molecule has 0 aliphatic rings. The molecule has 0 spiro atoms. The first-order valence-corrected chi connectivity index (χ1v) is 11.6. The Morgan fingerprint density at radius 1 is 0.935 bits per heavy atom. The SMILES string of the molecule is CN(C)S(=O)(=O)c1cc(C(=O)NCC(C)(c2ccccc2)c2ccccc2)ccc1Cl. The standard InChI is InChI=1S/C24H25ClN2O3S/c1-24(19-10-6-4-7-11-19,20-12-8-5-9-13-20)17-26-23(28)18-14-15-21(25)22(16-18)31(29,30)27(2)3/h4-16H,17H2,1-3H3,(H,26,28). The Morgan fingerprint density at radius 2 is 1.45 bits per heavy atom. The average molecular weight is 457 g/mol. The van der Waals surface area contributed by atoms with Crippen molar-refractivity contribution in [3.63, 3.8) is 0 Å². The lowest BCUT2D eigenvalue weighted by molar-refractivity contribution is 0.0947. The van der Waals surface area contributed by atoms with Crippen molar-refractivity contribution in [3.8, 4) is 0 Å². The molecule has 0 unspecified atom stereocenters. The molecule has 0 aliphatic carbocycles. The van der Waals surface area contributed by atoms with E-state index in [2.05, 4.69) is 12.2 Å². The third kappa shape index (κ3) is 4.82. The molecule has 5 nitrogen and oxygen atoms in total. The van der Waals surface area contributed by atoms with Crippen LogP contribution in [0.1, 0.15) is 28.4 Å². The smallest absolute Gasteiger partial charge is 0.251 e. The Kier molecular flexibility index (Phi) is 6.84. The molecular formula is C24H25ClN2O3S. The van der Waals surface area contributed by atoms with Crippen LogP contribution >= 0.6 is 11.6 Å². The summed E-state index contributed by atoms with van der Waals surface area (Å²) in [4.78, 5) is 12.9. The molecule has 3 rings (SSSR count). The molecule has 0 aromatic heterocycles. The number of sulfonamides is 1. The van der Waals surface area contributed by atoms with Gasteiger partial charge in [-0.1, -0.05) is 72.3 Å². The number of benzene rings is 3. The lowest BCUT2D eigenvalue weighted by atomic mass is 9.76. The second-order valence-electron chi connectivity index (χ2n) is 7.68. The van der Waals surface area contributed by atoms with E-state index < -0.39 is 15.4 Å². The molecule has 162 valence electrons. The maximum Gasteiger partial charge on any atom is 0.251 e. The minimum Gasteiger partial charge on any atom is -0.351 e. The highest BCUT2D eigenvalue weighted by Gasteiger charge is 2.30. The molecule has 0 saturated carbocycles. The van der Waals surface area contributed by atoms with Crippen molar-refractivity contribution < 1.29 is 13.2 Å². The number of hydrogen-bond acceptors (Lipinski definition) is 3. The van der Waals surface area contributed by atoms with E-state index >= 15 is 0 Å². The van der Waals surface area contributed by atoms with Gasteiger partial charge in [-0.3, -0.25) is 4.79 Å². The maximum absolute atomic E-state index is 13.0. The van der Waals surface area contributed by atoms with E-state index in [4.69, 9.17) is 11.6 Å². The molecule has 3 aromatic rings. The topological polar surface area (TPSA) is 66.5 Å². The molecule has 1 N–H and O–H groups in total. The molecule has 0 atom stereocenters. The number of carbonyl (C=O) groups excluding carboxylic acids is 1. The summed E-state index contributed by atoms with van der Waals surface area (Å²) in [5.74, 6) is -0.370. The van der Waals surface area contributed by atoms with Crippen LogP contribution in [-0.2, 0) is 15.4 Å². The molecule has 31 heavy (non-hydrogen) atoms. The van der Waals surface area contributed by atoms with Crippen LogP contribution in [0.15, 0.2) is 83.8 Å². The van der Waals surface area contributed by atoms with Crippen LogP contribution in [0.4, 0.5) is 0 Å². The van der Waals surface area contributed by atoms with Gasteiger partial charge in [0.15, 0.2) is 0 Å². The molecule has 0 saturated heterocycles. The summed E-state index contributed by atoms with van der Waals surface area (Å²) in [5, 5.41) is 3.05. The van der Waals surface area contributed by atoms with Crippen LogP contribution in [0.25, 0.3) is 0 Å². The van der Waals surface area contributed by atoms with Crippen molar-refractivity contribution in [2.75, 3.05) is 20.6 Å². The van der Waals surface area contributed by atoms with Gasteiger partial charge in [-0.05, 0) is 36.2 Å². The third-order valence-corrected chi connectivity index (χ3v) is 7.67. The zero-order valence-corrected chi connectivity index (χ0v) is 19.2. The zero-order chi connectivity index (χ0) is 22.6. The zero-order valence-electron chi connectivity index (χ0n) is 17.7. The van der Waals surface area contributed by atoms with Crippen molar-refractivity contribution in [2.45, 2.75) is 17.2 Å². The van der Waals surface area contributed by atoms with Crippen LogP contribution < -0.4 is 5.32 Å². The number of amides is 1. The van der Waals surface area contributed by atoms with Crippen LogP contribution in [0.5, 0.6) is 0 Å². The molecule has 1 amide bonds. The van der Waals surface area contributed by atoms with Crippen molar-refractivity contribution in [2.24, 2.45) is 0 Å². The Labute approximate surface area is 188 Å². The van der Waals surface area contributed by atoms with Gasteiger partial charge < -0.3 is 5.32 Å². The summed E-state index contributed by atoms with van der Waals surface area (Å²) in [6.07, 6.45) is 0. The van der Waals surface area contributed by atoms with Gasteiger partial charge in [-0.15, -0.1) is 0 Å². The molecule has 0 aliphatic heterocycles. The summed E-state index contributed by atoms with van der Waals surface area (Å²) in [6.45, 7) is 2.40. The Morgan fingerprint density at radius 3 is 1.94 bits per heavy atom. The van der Waals surface area contributed by atoms with E-state index in [1.165, 1.54) is 32.3 Å². The number of nitrogens with zero attached hydrogens (tertiary/aromatic N) is 1. The summed E-state index contributed by atoms with van der Waals surface area (Å²) < 4.78 is 26.1. The highest BCUT2D eigenvalue weighted by molar-refractivity contribution is 7.89. The van der Waals surface area contributed by atoms with E-state index in [0.717, 1.165) is 15.4 Å². The summed E-state index contributed by atoms with van der Waals surface area (Å²) in [6, 6.07) is 24.2. The van der Waals surface area contributed by atoms with Crippen molar-refractivity contribution in [1.82, 2.24) is 9.62 Å². The van der Waals surface area contributed by atoms with Crippen LogP contribution in [-0.4, -0.2) is 39.3 Å². The van der Waals surface area contributed by atoms with E-state index in [-0.39, 0.29) is 21.4 Å². The van der Waals surface area contributed by atoms with Crippen molar-refractivity contribution in [1.29, 1.82) is 0 Å². The molecule has 0 bridgehead atoms. The van der Waals surface area contributed by atoms with Gasteiger partial charge in [-0.25, -0.2) is 12.7 Å². The second-order valence-corrected chi connectivity index (χ2v) is 10.2. The van der Waals surface area contributed by atoms with Crippen molar-refractivity contribution in [3.05, 3.63) is 101 Å². The highest BCUT2D eigenvalue weighted by atomic mass is 35.5. The van der Waals surface area contributed by atoms with Gasteiger partial charge in [0, 0.05) is 31.6 Å². The van der Waals surface area contributed by atoms with E-state index in [1.54, 1.807) is 0 Å². The molecule has 0 radical (unpaired) electrons. The number of rotatable bonds is 7. The summed E-state index contributed by atoms with van der Waals surface area (Å²) in [7, 11) is -0.931. The molecule has 0 heterocycles. The number of hydrogen-bond donors (Lipinski definition) is 1. The molecular weight excluding hydrogens is 432 g/mol. The Hall–Kier alpha value is -2.67. The first-order valence-electron chi connectivity index (χ1n) is 9.77. The highest BCUT2D eigenvalue weighted by Crippen LogP contribution is 2.31. The molecule has 7 heteroatoms. The fourth-order valence-corrected chi connectivity index (χ4v) is 4.77. The summed E-state index contributed by atoms with van der Waals surface area (Å²) in [5.41, 5.74) is 1.89. The van der Waals surface area contributed by atoms with E-state index in [0.29, 0.717) is 6.54 Å². The minimum absolute atomic E-state index is 0.0728. The first-order chi connectivity index (χ1) is 14.7. The third-order valence-electron chi connectivity index (χ3n) is 5.38. The second kappa shape index (κ2) is 9.22. The van der Waals surface area contributed by atoms with Crippen LogP contribution in [0.2, 0.25) is 5.02 Å². The van der Waals surface area contributed by atoms with Crippen LogP contribution in [0, 0.1) is 0 Å². The van der Waals surface area contributed by atoms with E-state index in [9.17, 15) is 13.2 Å². The average Bonchev–Trinajstić information content (AvgIpc) is 2.78. The predicted octanol–water partition coefficient (Wildman–Crippen LogP) is 4.33. The molecule has 0 fully saturated rings. The molecule has 3 aromatic carbocycles. The largest absolute Gasteiger partial charge is 0.351 e. The van der Waals surface area contributed by atoms with Crippen molar-refractivity contribution >= 4 is 27.5 Å². The monoisotopic (exact) mass is 456 g/mol. The lowest BCUT2D eigenvalue weighted by Crippen LogP contribution is -2.39. The number of halogens is 1. The summed E-state index contributed by atoms with van der Waals surface area (Å²) >= 11 is 6.10. The van der Waals surface area contributed by atoms with Gasteiger partial charge in [0.2, 0.25) is 10.0 Å². The maximum atomic E-state index is 13.0. The quantitative estimate of drug-likeness (QED) is 0.575. The first kappa shape index (κ1) is 23.0. The Bertz CT molecular complexity index is 1120. The van der Waals surface area contributed by atoms with Gasteiger partial charge in [0.05, 0.1) is 5.02 Å². The fraction of sp³-hybridized carbons (Fsp3) is 0.208. The predicted molar refractivity (Wildman–Crippen MR) is 124 cm³/mol. The fourth-order valence-electron chi connectivity index (χ4n) is 3.38. The van der Waals surface area contributed by atoms with Gasteiger partial charge in [0.1, 0.15) is 4.90 Å². The Balaban J connectivity index is 1.91. The lowest BCUT2D eigenvalue weighted by Gasteiger charge is -2.31. The van der Waals surface area contributed by atoms with Gasteiger partial charge in [-0.2, -0.15) is 0 Å². The van der Waals surface area contributed by atoms with Crippen LogP contribution in [0.3, 0.4) is 0 Å². The van der Waals surface area contributed by atoms with Gasteiger partial charge in [0.25, 0.3) is 5.91 Å². The number of nitrogens with one attached hydrogen (secondary N) is 1.